The van der Waals surface area contributed by atoms with Crippen LogP contribution in [0.15, 0.2) is 12.1 Å². The van der Waals surface area contributed by atoms with Gasteiger partial charge in [0.05, 0.1) is 10.7 Å². The van der Waals surface area contributed by atoms with Crippen LogP contribution in [0.1, 0.15) is 25.5 Å². The molecule has 0 radical (unpaired) electrons. The molecule has 1 atom stereocenters. The van der Waals surface area contributed by atoms with Gasteiger partial charge in [-0.15, -0.1) is 0 Å². The first-order valence-electron chi connectivity index (χ1n) is 6.98. The molecule has 1 N–H and O–H groups in total. The number of hydrogen-bond donors (Lipinski definition) is 1. The van der Waals surface area contributed by atoms with Crippen molar-refractivity contribution in [2.24, 2.45) is 0 Å². The van der Waals surface area contributed by atoms with E-state index >= 15 is 0 Å². The molecular formula is C14H20ClN3S. The van der Waals surface area contributed by atoms with Gasteiger partial charge in [-0.2, -0.15) is 11.8 Å². The van der Waals surface area contributed by atoms with Crippen LogP contribution in [0.2, 0.25) is 5.02 Å². The normalized spacial score (nSPS) is 23.7. The Balaban J connectivity index is 1.71. The zero-order chi connectivity index (χ0) is 13.2. The SMILES string of the molecule is CC1CN(c2ccc(Cl)c(CNC3CC3)n2)CCS1. The second kappa shape index (κ2) is 5.90. The van der Waals surface area contributed by atoms with E-state index in [1.807, 2.05) is 23.9 Å². The number of nitrogens with zero attached hydrogens (tertiary/aromatic N) is 2. The molecule has 1 saturated carbocycles. The van der Waals surface area contributed by atoms with Crippen LogP contribution in [0.4, 0.5) is 5.82 Å². The first-order chi connectivity index (χ1) is 9.22. The lowest BCUT2D eigenvalue weighted by atomic mass is 10.3. The van der Waals surface area contributed by atoms with E-state index in [1.165, 1.54) is 18.6 Å². The summed E-state index contributed by atoms with van der Waals surface area (Å²) in [5, 5.41) is 4.94. The largest absolute Gasteiger partial charge is 0.355 e. The molecule has 1 aromatic rings. The van der Waals surface area contributed by atoms with Gasteiger partial charge in [0.25, 0.3) is 0 Å². The van der Waals surface area contributed by atoms with Crippen molar-refractivity contribution in [1.29, 1.82) is 0 Å². The van der Waals surface area contributed by atoms with Crippen LogP contribution in [0, 0.1) is 0 Å². The fourth-order valence-electron chi connectivity index (χ4n) is 2.33. The first-order valence-corrected chi connectivity index (χ1v) is 8.40. The van der Waals surface area contributed by atoms with Crippen molar-refractivity contribution in [3.05, 3.63) is 22.8 Å². The molecule has 2 heterocycles. The van der Waals surface area contributed by atoms with Crippen molar-refractivity contribution >= 4 is 29.2 Å². The Morgan fingerprint density at radius 1 is 1.47 bits per heavy atom. The Kier molecular flexibility index (Phi) is 4.20. The molecule has 0 spiro atoms. The van der Waals surface area contributed by atoms with Gasteiger partial charge in [-0.1, -0.05) is 18.5 Å². The van der Waals surface area contributed by atoms with Crippen LogP contribution in [-0.2, 0) is 6.54 Å². The second-order valence-electron chi connectivity index (χ2n) is 5.38. The van der Waals surface area contributed by atoms with Crippen molar-refractivity contribution in [2.45, 2.75) is 37.6 Å². The summed E-state index contributed by atoms with van der Waals surface area (Å²) < 4.78 is 0. The highest BCUT2D eigenvalue weighted by Gasteiger charge is 2.22. The molecule has 1 saturated heterocycles. The molecule has 3 nitrogen and oxygen atoms in total. The number of rotatable bonds is 4. The molecule has 1 unspecified atom stereocenters. The van der Waals surface area contributed by atoms with Crippen molar-refractivity contribution in [1.82, 2.24) is 10.3 Å². The van der Waals surface area contributed by atoms with E-state index in [9.17, 15) is 0 Å². The number of aromatic nitrogens is 1. The smallest absolute Gasteiger partial charge is 0.129 e. The van der Waals surface area contributed by atoms with Crippen molar-refractivity contribution in [3.63, 3.8) is 0 Å². The molecule has 1 aliphatic carbocycles. The lowest BCUT2D eigenvalue weighted by Gasteiger charge is -2.31. The monoisotopic (exact) mass is 297 g/mol. The van der Waals surface area contributed by atoms with Gasteiger partial charge in [-0.3, -0.25) is 0 Å². The molecule has 2 fully saturated rings. The third kappa shape index (κ3) is 3.56. The van der Waals surface area contributed by atoms with Crippen LogP contribution < -0.4 is 10.2 Å². The number of halogens is 1. The van der Waals surface area contributed by atoms with E-state index in [1.54, 1.807) is 0 Å². The van der Waals surface area contributed by atoms with Crippen LogP contribution in [0.5, 0.6) is 0 Å². The van der Waals surface area contributed by atoms with E-state index in [0.717, 1.165) is 36.2 Å². The number of thioether (sulfide) groups is 1. The Labute approximate surface area is 124 Å². The summed E-state index contributed by atoms with van der Waals surface area (Å²) in [6.45, 7) is 5.23. The zero-order valence-electron chi connectivity index (χ0n) is 11.2. The summed E-state index contributed by atoms with van der Waals surface area (Å²) in [4.78, 5) is 7.13. The molecule has 1 aromatic heterocycles. The minimum absolute atomic E-state index is 0.680. The second-order valence-corrected chi connectivity index (χ2v) is 7.33. The Hall–Kier alpha value is -0.450. The fraction of sp³-hybridized carbons (Fsp3) is 0.643. The molecule has 104 valence electrons. The van der Waals surface area contributed by atoms with E-state index in [0.29, 0.717) is 11.3 Å². The van der Waals surface area contributed by atoms with Gasteiger partial charge >= 0.3 is 0 Å². The number of pyridine rings is 1. The number of hydrogen-bond acceptors (Lipinski definition) is 4. The van der Waals surface area contributed by atoms with Gasteiger partial charge in [-0.25, -0.2) is 4.98 Å². The number of anilines is 1. The zero-order valence-corrected chi connectivity index (χ0v) is 12.8. The standard InChI is InChI=1S/C14H20ClN3S/c1-10-9-18(6-7-19-10)14-5-4-12(15)13(17-14)8-16-11-2-3-11/h4-5,10-11,16H,2-3,6-9H2,1H3. The minimum atomic E-state index is 0.680. The van der Waals surface area contributed by atoms with E-state index in [4.69, 9.17) is 16.6 Å². The Bertz CT molecular complexity index is 450. The van der Waals surface area contributed by atoms with E-state index < -0.39 is 0 Å². The van der Waals surface area contributed by atoms with E-state index in [2.05, 4.69) is 17.1 Å². The molecule has 0 amide bonds. The highest BCUT2D eigenvalue weighted by molar-refractivity contribution is 8.00. The summed E-state index contributed by atoms with van der Waals surface area (Å²) in [5.41, 5.74) is 0.983. The molecule has 5 heteroatoms. The highest BCUT2D eigenvalue weighted by Crippen LogP contribution is 2.25. The molecule has 0 aromatic carbocycles. The van der Waals surface area contributed by atoms with E-state index in [-0.39, 0.29) is 0 Å². The first kappa shape index (κ1) is 13.5. The third-order valence-corrected chi connectivity index (χ3v) is 5.09. The lowest BCUT2D eigenvalue weighted by molar-refractivity contribution is 0.671. The van der Waals surface area contributed by atoms with Gasteiger partial charge in [0.2, 0.25) is 0 Å². The third-order valence-electron chi connectivity index (χ3n) is 3.60. The summed E-state index contributed by atoms with van der Waals surface area (Å²) in [5.74, 6) is 2.25. The molecule has 3 rings (SSSR count). The van der Waals surface area contributed by atoms with Gasteiger partial charge in [0, 0.05) is 36.7 Å². The fourth-order valence-corrected chi connectivity index (χ4v) is 3.51. The summed E-state index contributed by atoms with van der Waals surface area (Å²) in [7, 11) is 0. The maximum absolute atomic E-state index is 6.24. The number of nitrogens with one attached hydrogen (secondary N) is 1. The molecule has 19 heavy (non-hydrogen) atoms. The van der Waals surface area contributed by atoms with Crippen molar-refractivity contribution < 1.29 is 0 Å². The maximum Gasteiger partial charge on any atom is 0.129 e. The van der Waals surface area contributed by atoms with Crippen LogP contribution >= 0.6 is 23.4 Å². The lowest BCUT2D eigenvalue weighted by Crippen LogP contribution is -2.37. The average molecular weight is 298 g/mol. The predicted octanol–water partition coefficient (Wildman–Crippen LogP) is 2.93. The van der Waals surface area contributed by atoms with Gasteiger partial charge in [-0.05, 0) is 25.0 Å². The summed E-state index contributed by atoms with van der Waals surface area (Å²) in [6, 6.07) is 4.72. The quantitative estimate of drug-likeness (QED) is 0.925. The average Bonchev–Trinajstić information content (AvgIpc) is 3.22. The molecule has 0 bridgehead atoms. The summed E-state index contributed by atoms with van der Waals surface area (Å²) >= 11 is 8.28. The Morgan fingerprint density at radius 3 is 3.05 bits per heavy atom. The van der Waals surface area contributed by atoms with Gasteiger partial charge in [0.15, 0.2) is 0 Å². The molecule has 1 aliphatic heterocycles. The van der Waals surface area contributed by atoms with Crippen LogP contribution in [-0.4, -0.2) is 35.1 Å². The maximum atomic E-state index is 6.24. The Morgan fingerprint density at radius 2 is 2.32 bits per heavy atom. The van der Waals surface area contributed by atoms with Gasteiger partial charge < -0.3 is 10.2 Å². The molecule has 2 aliphatic rings. The van der Waals surface area contributed by atoms with Gasteiger partial charge in [0.1, 0.15) is 5.82 Å². The summed E-state index contributed by atoms with van der Waals surface area (Å²) in [6.07, 6.45) is 2.58. The minimum Gasteiger partial charge on any atom is -0.355 e. The van der Waals surface area contributed by atoms with Crippen molar-refractivity contribution in [3.8, 4) is 0 Å². The predicted molar refractivity (Wildman–Crippen MR) is 83.2 cm³/mol. The van der Waals surface area contributed by atoms with Crippen LogP contribution in [0.3, 0.4) is 0 Å². The topological polar surface area (TPSA) is 28.2 Å². The highest BCUT2D eigenvalue weighted by atomic mass is 35.5. The van der Waals surface area contributed by atoms with Crippen molar-refractivity contribution in [2.75, 3.05) is 23.7 Å². The van der Waals surface area contributed by atoms with Crippen LogP contribution in [0.25, 0.3) is 0 Å². The molecular weight excluding hydrogens is 278 g/mol.